The Morgan fingerprint density at radius 1 is 1.65 bits per heavy atom. The number of hydrogen-bond donors (Lipinski definition) is 2. The lowest BCUT2D eigenvalue weighted by Crippen LogP contribution is -2.21. The Balaban J connectivity index is 2.07. The minimum atomic E-state index is -0.396. The summed E-state index contributed by atoms with van der Waals surface area (Å²) in [7, 11) is 0. The molecule has 3 heterocycles. The van der Waals surface area contributed by atoms with Crippen LogP contribution in [0.25, 0.3) is 0 Å². The first kappa shape index (κ1) is 15.1. The van der Waals surface area contributed by atoms with Crippen molar-refractivity contribution in [3.05, 3.63) is 45.1 Å². The smallest absolute Gasteiger partial charge is 0.311 e. The van der Waals surface area contributed by atoms with Crippen molar-refractivity contribution in [3.8, 4) is 11.9 Å². The molecule has 2 aromatic heterocycles. The van der Waals surface area contributed by atoms with E-state index in [0.717, 1.165) is 4.88 Å². The highest BCUT2D eigenvalue weighted by atomic mass is 32.1. The molecule has 8 heteroatoms. The Hall–Kier alpha value is -2.79. The van der Waals surface area contributed by atoms with E-state index in [1.165, 1.54) is 11.3 Å². The summed E-state index contributed by atoms with van der Waals surface area (Å²) < 4.78 is 10.4. The topological polar surface area (TPSA) is 114 Å². The van der Waals surface area contributed by atoms with Crippen molar-refractivity contribution in [1.82, 2.24) is 10.2 Å². The van der Waals surface area contributed by atoms with Crippen molar-refractivity contribution in [2.75, 3.05) is 6.61 Å². The second kappa shape index (κ2) is 6.14. The second-order valence-corrected chi connectivity index (χ2v) is 5.82. The first-order valence-corrected chi connectivity index (χ1v) is 7.87. The predicted molar refractivity (Wildman–Crippen MR) is 82.5 cm³/mol. The number of fused-ring (bicyclic) bond motifs is 1. The van der Waals surface area contributed by atoms with Crippen LogP contribution in [-0.4, -0.2) is 22.8 Å². The van der Waals surface area contributed by atoms with Gasteiger partial charge in [0, 0.05) is 4.88 Å². The molecule has 0 spiro atoms. The number of nitrogens with zero attached hydrogens (tertiary/aromatic N) is 2. The van der Waals surface area contributed by atoms with Gasteiger partial charge in [0.2, 0.25) is 11.8 Å². The zero-order valence-corrected chi connectivity index (χ0v) is 13.1. The van der Waals surface area contributed by atoms with E-state index < -0.39 is 5.92 Å². The molecule has 7 nitrogen and oxygen atoms in total. The highest BCUT2D eigenvalue weighted by molar-refractivity contribution is 7.10. The maximum atomic E-state index is 11.8. The number of thiophene rings is 1. The van der Waals surface area contributed by atoms with Crippen LogP contribution < -0.4 is 10.5 Å². The molecule has 0 radical (unpaired) electrons. The van der Waals surface area contributed by atoms with Crippen LogP contribution >= 0.6 is 11.3 Å². The molecule has 118 valence electrons. The lowest BCUT2D eigenvalue weighted by Gasteiger charge is -2.22. The molecule has 0 saturated carbocycles. The van der Waals surface area contributed by atoms with Crippen LogP contribution in [0, 0.1) is 11.3 Å². The Morgan fingerprint density at radius 2 is 2.48 bits per heavy atom. The number of H-pyrrole nitrogens is 1. The maximum absolute atomic E-state index is 11.8. The summed E-state index contributed by atoms with van der Waals surface area (Å²) >= 11 is 1.50. The van der Waals surface area contributed by atoms with E-state index in [4.69, 9.17) is 15.2 Å². The molecule has 3 rings (SSSR count). The zero-order valence-electron chi connectivity index (χ0n) is 12.3. The number of nitriles is 1. The van der Waals surface area contributed by atoms with E-state index in [-0.39, 0.29) is 18.3 Å². The highest BCUT2D eigenvalue weighted by Crippen LogP contribution is 2.44. The van der Waals surface area contributed by atoms with Crippen molar-refractivity contribution >= 4 is 17.3 Å². The fraction of sp³-hybridized carbons (Fsp3) is 0.267. The van der Waals surface area contributed by atoms with Crippen LogP contribution in [0.15, 0.2) is 29.0 Å². The molecule has 1 unspecified atom stereocenters. The summed E-state index contributed by atoms with van der Waals surface area (Å²) in [6.45, 7) is 2.05. The van der Waals surface area contributed by atoms with Crippen LogP contribution in [0.2, 0.25) is 0 Å². The first-order chi connectivity index (χ1) is 11.2. The van der Waals surface area contributed by atoms with Crippen molar-refractivity contribution in [2.24, 2.45) is 5.73 Å². The molecule has 2 aromatic rings. The number of allylic oxidation sites excluding steroid dienone is 1. The standard InChI is InChI=1S/C15H14N4O3S/c1-2-21-11(20)6-9-13-12(10-4-3-5-23-10)8(7-16)14(17)22-15(13)19-18-9/h3-5,12H,2,6,17H2,1H3,(H,18,19). The van der Waals surface area contributed by atoms with Crippen LogP contribution in [-0.2, 0) is 16.0 Å². The predicted octanol–water partition coefficient (Wildman–Crippen LogP) is 1.79. The summed E-state index contributed by atoms with van der Waals surface area (Å²) in [5.41, 5.74) is 7.39. The third kappa shape index (κ3) is 2.66. The number of aromatic nitrogens is 2. The number of hydrogen-bond acceptors (Lipinski definition) is 7. The second-order valence-electron chi connectivity index (χ2n) is 4.84. The van der Waals surface area contributed by atoms with Gasteiger partial charge in [0.1, 0.15) is 11.6 Å². The lowest BCUT2D eigenvalue weighted by atomic mass is 9.88. The number of nitrogens with one attached hydrogen (secondary N) is 1. The van der Waals surface area contributed by atoms with Gasteiger partial charge in [-0.1, -0.05) is 6.07 Å². The van der Waals surface area contributed by atoms with Gasteiger partial charge in [-0.25, -0.2) is 0 Å². The number of esters is 1. The van der Waals surface area contributed by atoms with Crippen LogP contribution in [0.5, 0.6) is 5.88 Å². The van der Waals surface area contributed by atoms with Gasteiger partial charge in [-0.2, -0.15) is 5.26 Å². The molecule has 23 heavy (non-hydrogen) atoms. The fourth-order valence-corrected chi connectivity index (χ4v) is 3.38. The van der Waals surface area contributed by atoms with E-state index in [2.05, 4.69) is 16.3 Å². The quantitative estimate of drug-likeness (QED) is 0.826. The van der Waals surface area contributed by atoms with E-state index >= 15 is 0 Å². The largest absolute Gasteiger partial charge is 0.466 e. The zero-order chi connectivity index (χ0) is 16.4. The number of carbonyl (C=O) groups is 1. The van der Waals surface area contributed by atoms with E-state index in [1.54, 1.807) is 6.92 Å². The maximum Gasteiger partial charge on any atom is 0.311 e. The molecule has 1 atom stereocenters. The van der Waals surface area contributed by atoms with Crippen LogP contribution in [0.4, 0.5) is 0 Å². The molecule has 0 bridgehead atoms. The monoisotopic (exact) mass is 330 g/mol. The van der Waals surface area contributed by atoms with E-state index in [0.29, 0.717) is 29.3 Å². The number of nitrogens with two attached hydrogens (primary N) is 1. The number of rotatable bonds is 4. The van der Waals surface area contributed by atoms with Gasteiger partial charge in [-0.05, 0) is 18.4 Å². The van der Waals surface area contributed by atoms with Crippen molar-refractivity contribution < 1.29 is 14.3 Å². The molecule has 3 N–H and O–H groups in total. The van der Waals surface area contributed by atoms with Crippen molar-refractivity contribution in [3.63, 3.8) is 0 Å². The minimum absolute atomic E-state index is 0.0278. The molecule has 0 amide bonds. The molecule has 0 fully saturated rings. The molecule has 0 aliphatic carbocycles. The third-order valence-electron chi connectivity index (χ3n) is 3.47. The van der Waals surface area contributed by atoms with Gasteiger partial charge in [-0.15, -0.1) is 16.4 Å². The molecule has 0 saturated heterocycles. The van der Waals surface area contributed by atoms with Crippen LogP contribution in [0.1, 0.15) is 29.0 Å². The van der Waals surface area contributed by atoms with Crippen molar-refractivity contribution in [2.45, 2.75) is 19.3 Å². The fourth-order valence-electron chi connectivity index (χ4n) is 2.54. The van der Waals surface area contributed by atoms with Crippen molar-refractivity contribution in [1.29, 1.82) is 5.26 Å². The number of carbonyl (C=O) groups excluding carboxylic acids is 1. The molecule has 1 aliphatic rings. The van der Waals surface area contributed by atoms with Gasteiger partial charge < -0.3 is 15.2 Å². The Labute approximate surface area is 136 Å². The molecule has 0 aromatic carbocycles. The molecule has 1 aliphatic heterocycles. The number of ether oxygens (including phenoxy) is 2. The summed E-state index contributed by atoms with van der Waals surface area (Å²) in [6, 6.07) is 5.91. The van der Waals surface area contributed by atoms with Gasteiger partial charge in [0.05, 0.1) is 30.2 Å². The van der Waals surface area contributed by atoms with Gasteiger partial charge in [-0.3, -0.25) is 9.89 Å². The lowest BCUT2D eigenvalue weighted by molar-refractivity contribution is -0.142. The first-order valence-electron chi connectivity index (χ1n) is 6.99. The van der Waals surface area contributed by atoms with Gasteiger partial charge in [0.15, 0.2) is 0 Å². The third-order valence-corrected chi connectivity index (χ3v) is 4.41. The van der Waals surface area contributed by atoms with Gasteiger partial charge >= 0.3 is 5.97 Å². The minimum Gasteiger partial charge on any atom is -0.466 e. The summed E-state index contributed by atoms with van der Waals surface area (Å²) in [5.74, 6) is -0.441. The summed E-state index contributed by atoms with van der Waals surface area (Å²) in [4.78, 5) is 12.7. The normalized spacial score (nSPS) is 16.4. The average Bonchev–Trinajstić information content (AvgIpc) is 3.16. The summed E-state index contributed by atoms with van der Waals surface area (Å²) in [5, 5.41) is 18.3. The SMILES string of the molecule is CCOC(=O)Cc1[nH]nc2c1C(c1cccs1)C(C#N)=C(N)O2. The average molecular weight is 330 g/mol. The Bertz CT molecular complexity index is 801. The Morgan fingerprint density at radius 3 is 3.13 bits per heavy atom. The molecular weight excluding hydrogens is 316 g/mol. The van der Waals surface area contributed by atoms with Gasteiger partial charge in [0.25, 0.3) is 0 Å². The number of aromatic amines is 1. The highest BCUT2D eigenvalue weighted by Gasteiger charge is 2.36. The van der Waals surface area contributed by atoms with E-state index in [1.807, 2.05) is 17.5 Å². The molecular formula is C15H14N4O3S. The van der Waals surface area contributed by atoms with E-state index in [9.17, 15) is 10.1 Å². The van der Waals surface area contributed by atoms with Crippen LogP contribution in [0.3, 0.4) is 0 Å². The summed E-state index contributed by atoms with van der Waals surface area (Å²) in [6.07, 6.45) is 0.0278. The Kier molecular flexibility index (Phi) is 4.04.